The van der Waals surface area contributed by atoms with Crippen molar-refractivity contribution in [1.82, 2.24) is 10.2 Å². The second-order valence-corrected chi connectivity index (χ2v) is 8.71. The summed E-state index contributed by atoms with van der Waals surface area (Å²) in [7, 11) is 1.56. The number of nitrogens with two attached hydrogens (primary N) is 1. The van der Waals surface area contributed by atoms with Crippen LogP contribution in [0.4, 0.5) is 4.39 Å². The van der Waals surface area contributed by atoms with Gasteiger partial charge in [0.2, 0.25) is 5.89 Å². The number of primary amides is 1. The average Bonchev–Trinajstić information content (AvgIpc) is 3.16. The van der Waals surface area contributed by atoms with Crippen LogP contribution < -0.4 is 19.9 Å². The third kappa shape index (κ3) is 3.33. The van der Waals surface area contributed by atoms with Crippen molar-refractivity contribution in [1.29, 1.82) is 0 Å². The molecule has 1 unspecified atom stereocenters. The maximum absolute atomic E-state index is 13.7. The van der Waals surface area contributed by atoms with E-state index >= 15 is 0 Å². The summed E-state index contributed by atoms with van der Waals surface area (Å²) < 4.78 is 36.0. The minimum Gasteiger partial charge on any atom is -0.497 e. The monoisotopic (exact) mass is 459 g/mol. The molecule has 0 radical (unpaired) electrons. The lowest BCUT2D eigenvalue weighted by atomic mass is 9.33. The number of ether oxygens (including phenoxy) is 3. The fourth-order valence-electron chi connectivity index (χ4n) is 4.77. The minimum absolute atomic E-state index is 0.0198. The van der Waals surface area contributed by atoms with Gasteiger partial charge in [-0.1, -0.05) is 22.8 Å². The van der Waals surface area contributed by atoms with Gasteiger partial charge in [-0.05, 0) is 43.5 Å². The lowest BCUT2D eigenvalue weighted by molar-refractivity contribution is -0.208. The summed E-state index contributed by atoms with van der Waals surface area (Å²) in [4.78, 5) is 12.1. The summed E-state index contributed by atoms with van der Waals surface area (Å²) in [5.74, 6) is 0.545. The van der Waals surface area contributed by atoms with Gasteiger partial charge < -0.3 is 24.4 Å². The zero-order valence-corrected chi connectivity index (χ0v) is 17.8. The standard InChI is InChI=1S/C22H19ClFN3O5/c1-29-12-3-2-4-13(7-12)31-20-27-26-19(32-20)22-9-21(10-22,11-22)17(18(25)28)30-14-5-6-15(23)16(24)8-14/h2-8,17H,9-11H2,1H3,(H2,25,28). The molecule has 6 rings (SSSR count). The molecule has 8 nitrogen and oxygen atoms in total. The highest BCUT2D eigenvalue weighted by atomic mass is 35.5. The number of amides is 1. The Bertz CT molecular complexity index is 1180. The van der Waals surface area contributed by atoms with Crippen LogP contribution in [-0.4, -0.2) is 29.3 Å². The molecular formula is C22H19ClFN3O5. The van der Waals surface area contributed by atoms with Crippen LogP contribution in [0.2, 0.25) is 5.02 Å². The molecule has 32 heavy (non-hydrogen) atoms. The number of carbonyl (C=O) groups is 1. The van der Waals surface area contributed by atoms with Crippen LogP contribution in [0.1, 0.15) is 25.2 Å². The highest BCUT2D eigenvalue weighted by molar-refractivity contribution is 6.30. The molecule has 0 aliphatic heterocycles. The molecule has 10 heteroatoms. The number of halogens is 2. The highest BCUT2D eigenvalue weighted by Crippen LogP contribution is 2.75. The number of nitrogens with zero attached hydrogens (tertiary/aromatic N) is 2. The first-order chi connectivity index (χ1) is 15.3. The molecule has 1 aromatic heterocycles. The second kappa shape index (κ2) is 7.37. The first kappa shape index (κ1) is 20.6. The van der Waals surface area contributed by atoms with Gasteiger partial charge in [0.15, 0.2) is 6.10 Å². The van der Waals surface area contributed by atoms with Crippen molar-refractivity contribution in [2.45, 2.75) is 30.8 Å². The number of rotatable bonds is 8. The molecule has 0 saturated heterocycles. The molecular weight excluding hydrogens is 441 g/mol. The van der Waals surface area contributed by atoms with E-state index < -0.39 is 23.2 Å². The Kier molecular flexibility index (Phi) is 4.74. The van der Waals surface area contributed by atoms with Crippen molar-refractivity contribution in [2.75, 3.05) is 7.11 Å². The van der Waals surface area contributed by atoms with Gasteiger partial charge >= 0.3 is 6.08 Å². The van der Waals surface area contributed by atoms with Crippen LogP contribution in [0.15, 0.2) is 46.9 Å². The summed E-state index contributed by atoms with van der Waals surface area (Å²) in [5, 5.41) is 8.08. The van der Waals surface area contributed by atoms with Crippen LogP contribution in [-0.2, 0) is 10.2 Å². The Morgan fingerprint density at radius 2 is 1.91 bits per heavy atom. The maximum atomic E-state index is 13.7. The summed E-state index contributed by atoms with van der Waals surface area (Å²) in [5.41, 5.74) is 4.81. The van der Waals surface area contributed by atoms with Crippen molar-refractivity contribution in [3.05, 3.63) is 59.2 Å². The molecule has 2 bridgehead atoms. The van der Waals surface area contributed by atoms with Crippen molar-refractivity contribution in [2.24, 2.45) is 11.1 Å². The van der Waals surface area contributed by atoms with E-state index in [1.54, 1.807) is 31.4 Å². The van der Waals surface area contributed by atoms with E-state index in [0.29, 0.717) is 36.7 Å². The lowest BCUT2D eigenvalue weighted by Crippen LogP contribution is -2.72. The molecule has 3 aliphatic rings. The molecule has 1 amide bonds. The fourth-order valence-corrected chi connectivity index (χ4v) is 4.89. The number of benzene rings is 2. The van der Waals surface area contributed by atoms with E-state index in [9.17, 15) is 9.18 Å². The van der Waals surface area contributed by atoms with Gasteiger partial charge in [0.1, 0.15) is 23.1 Å². The van der Waals surface area contributed by atoms with Crippen molar-refractivity contribution >= 4 is 17.5 Å². The summed E-state index contributed by atoms with van der Waals surface area (Å²) in [6, 6.07) is 11.0. The molecule has 1 atom stereocenters. The molecule has 3 saturated carbocycles. The normalized spacial score (nSPS) is 24.1. The Morgan fingerprint density at radius 1 is 1.16 bits per heavy atom. The Hall–Kier alpha value is -3.33. The zero-order valence-electron chi connectivity index (χ0n) is 17.0. The van der Waals surface area contributed by atoms with Gasteiger partial charge in [-0.2, -0.15) is 0 Å². The number of aromatic nitrogens is 2. The molecule has 3 aliphatic carbocycles. The fraction of sp³-hybridized carbons (Fsp3) is 0.318. The van der Waals surface area contributed by atoms with Gasteiger partial charge in [-0.3, -0.25) is 4.79 Å². The largest absolute Gasteiger partial charge is 0.497 e. The topological polar surface area (TPSA) is 110 Å². The van der Waals surface area contributed by atoms with E-state index in [-0.39, 0.29) is 22.3 Å². The summed E-state index contributed by atoms with van der Waals surface area (Å²) in [6.45, 7) is 0. The molecule has 3 fully saturated rings. The van der Waals surface area contributed by atoms with Gasteiger partial charge in [-0.15, -0.1) is 5.10 Å². The van der Waals surface area contributed by atoms with Gasteiger partial charge in [0, 0.05) is 17.5 Å². The molecule has 0 spiro atoms. The molecule has 2 aromatic carbocycles. The third-order valence-corrected chi connectivity index (χ3v) is 6.44. The number of carbonyl (C=O) groups excluding carboxylic acids is 1. The summed E-state index contributed by atoms with van der Waals surface area (Å²) >= 11 is 5.71. The Morgan fingerprint density at radius 3 is 2.59 bits per heavy atom. The number of methoxy groups -OCH3 is 1. The Balaban J connectivity index is 1.27. The average molecular weight is 460 g/mol. The molecule has 1 heterocycles. The Labute approximate surface area is 187 Å². The number of hydrogen-bond donors (Lipinski definition) is 1. The van der Waals surface area contributed by atoms with Crippen LogP contribution in [0.5, 0.6) is 23.3 Å². The molecule has 166 valence electrons. The van der Waals surface area contributed by atoms with E-state index in [4.69, 9.17) is 36.0 Å². The van der Waals surface area contributed by atoms with E-state index in [0.717, 1.165) is 6.07 Å². The smallest absolute Gasteiger partial charge is 0.420 e. The van der Waals surface area contributed by atoms with Crippen LogP contribution in [0.25, 0.3) is 0 Å². The predicted octanol–water partition coefficient (Wildman–Crippen LogP) is 4.02. The van der Waals surface area contributed by atoms with Gasteiger partial charge in [-0.25, -0.2) is 4.39 Å². The van der Waals surface area contributed by atoms with Crippen molar-refractivity contribution < 1.29 is 27.8 Å². The van der Waals surface area contributed by atoms with E-state index in [1.165, 1.54) is 12.1 Å². The minimum atomic E-state index is -0.902. The van der Waals surface area contributed by atoms with Crippen molar-refractivity contribution in [3.8, 4) is 23.3 Å². The first-order valence-electron chi connectivity index (χ1n) is 9.89. The van der Waals surface area contributed by atoms with E-state index in [1.807, 2.05) is 0 Å². The van der Waals surface area contributed by atoms with Gasteiger partial charge in [0.05, 0.1) is 17.5 Å². The second-order valence-electron chi connectivity index (χ2n) is 8.30. The summed E-state index contributed by atoms with van der Waals surface area (Å²) in [6.07, 6.45) is 0.881. The zero-order chi connectivity index (χ0) is 22.5. The highest BCUT2D eigenvalue weighted by Gasteiger charge is 2.75. The van der Waals surface area contributed by atoms with E-state index in [2.05, 4.69) is 10.2 Å². The molecule has 3 aromatic rings. The molecule has 2 N–H and O–H groups in total. The van der Waals surface area contributed by atoms with Gasteiger partial charge in [0.25, 0.3) is 5.91 Å². The SMILES string of the molecule is COc1cccc(Oc2nnc(C34CC(C(Oc5ccc(Cl)c(F)c5)C(N)=O)(C3)C4)o2)c1. The van der Waals surface area contributed by atoms with Crippen molar-refractivity contribution in [3.63, 3.8) is 0 Å². The third-order valence-electron chi connectivity index (χ3n) is 6.14. The predicted molar refractivity (Wildman–Crippen MR) is 110 cm³/mol. The van der Waals surface area contributed by atoms with Crippen LogP contribution in [0, 0.1) is 11.2 Å². The maximum Gasteiger partial charge on any atom is 0.420 e. The first-order valence-corrected chi connectivity index (χ1v) is 10.3. The van der Waals surface area contributed by atoms with Crippen LogP contribution in [0.3, 0.4) is 0 Å². The lowest BCUT2D eigenvalue weighted by Gasteiger charge is -2.69. The van der Waals surface area contributed by atoms with Crippen LogP contribution >= 0.6 is 11.6 Å². The number of hydrogen-bond acceptors (Lipinski definition) is 7. The quantitative estimate of drug-likeness (QED) is 0.541.